The predicted molar refractivity (Wildman–Crippen MR) is 159 cm³/mol. The number of halogens is 2. The maximum absolute atomic E-state index is 13.9. The van der Waals surface area contributed by atoms with Crippen LogP contribution in [0.15, 0.2) is 65.1 Å². The molecule has 3 aromatic carbocycles. The molecule has 9 heteroatoms. The van der Waals surface area contributed by atoms with Gasteiger partial charge in [-0.05, 0) is 71.2 Å². The number of nitrogens with one attached hydrogen (secondary N) is 2. The molecule has 0 radical (unpaired) electrons. The Kier molecular flexibility index (Phi) is 10.0. The van der Waals surface area contributed by atoms with Gasteiger partial charge >= 0.3 is 0 Å². The third-order valence-corrected chi connectivity index (χ3v) is 7.43. The molecule has 1 heterocycles. The number of nitrogens with zero attached hydrogens (tertiary/aromatic N) is 1. The number of hydrogen-bond acceptors (Lipinski definition) is 5. The minimum Gasteiger partial charge on any atom is -0.496 e. The molecular formula is C30H33BrClN3O4. The second-order valence-corrected chi connectivity index (χ2v) is 10.9. The molecule has 1 aliphatic rings. The Morgan fingerprint density at radius 3 is 2.64 bits per heavy atom. The van der Waals surface area contributed by atoms with Crippen LogP contribution in [0.1, 0.15) is 59.1 Å². The van der Waals surface area contributed by atoms with E-state index in [0.717, 1.165) is 30.6 Å². The van der Waals surface area contributed by atoms with E-state index in [1.807, 2.05) is 24.3 Å². The number of carbonyl (C=O) groups is 2. The highest BCUT2D eigenvalue weighted by Gasteiger charge is 2.29. The SMILES string of the molecule is COc1cc(NC(=O)c2ccccc2Br)ccc1C(=O)N1CCCC(OCCNC(C)C)c2cc(Cl)ccc21. The van der Waals surface area contributed by atoms with Crippen molar-refractivity contribution in [3.05, 3.63) is 86.8 Å². The fourth-order valence-corrected chi connectivity index (χ4v) is 5.25. The predicted octanol–water partition coefficient (Wildman–Crippen LogP) is 6.86. The standard InChI is InChI=1S/C30H33BrClN3O4/c1-19(2)33-14-16-39-27-9-6-15-35(26-13-10-20(32)17-24(26)27)30(37)23-12-11-21(18-28(23)38-3)34-29(36)22-7-4-5-8-25(22)31/h4-5,7-8,10-13,17-19,27,33H,6,9,14-16H2,1-3H3,(H,34,36). The van der Waals surface area contributed by atoms with E-state index in [0.29, 0.717) is 51.3 Å². The van der Waals surface area contributed by atoms with Crippen molar-refractivity contribution in [1.82, 2.24) is 5.32 Å². The topological polar surface area (TPSA) is 79.9 Å². The summed E-state index contributed by atoms with van der Waals surface area (Å²) in [5.41, 5.74) is 3.10. The van der Waals surface area contributed by atoms with Crippen molar-refractivity contribution in [3.8, 4) is 5.75 Å². The molecule has 1 aliphatic heterocycles. The van der Waals surface area contributed by atoms with Gasteiger partial charge in [0, 0.05) is 51.6 Å². The van der Waals surface area contributed by atoms with Gasteiger partial charge in [0.1, 0.15) is 5.75 Å². The third kappa shape index (κ3) is 7.19. The van der Waals surface area contributed by atoms with Gasteiger partial charge in [-0.15, -0.1) is 0 Å². The number of benzene rings is 3. The molecular weight excluding hydrogens is 582 g/mol. The molecule has 0 saturated carbocycles. The van der Waals surface area contributed by atoms with Crippen LogP contribution in [0.4, 0.5) is 11.4 Å². The smallest absolute Gasteiger partial charge is 0.262 e. The fraction of sp³-hybridized carbons (Fsp3) is 0.333. The van der Waals surface area contributed by atoms with Gasteiger partial charge in [-0.2, -0.15) is 0 Å². The summed E-state index contributed by atoms with van der Waals surface area (Å²) in [6, 6.07) is 18.2. The van der Waals surface area contributed by atoms with Crippen LogP contribution < -0.4 is 20.3 Å². The summed E-state index contributed by atoms with van der Waals surface area (Å²) >= 11 is 9.78. The van der Waals surface area contributed by atoms with Crippen molar-refractivity contribution in [2.24, 2.45) is 0 Å². The molecule has 0 aliphatic carbocycles. The number of methoxy groups -OCH3 is 1. The maximum atomic E-state index is 13.9. The van der Waals surface area contributed by atoms with E-state index in [2.05, 4.69) is 40.4 Å². The highest BCUT2D eigenvalue weighted by molar-refractivity contribution is 9.10. The molecule has 1 unspecified atom stereocenters. The molecule has 0 saturated heterocycles. The molecule has 206 valence electrons. The van der Waals surface area contributed by atoms with Crippen molar-refractivity contribution >= 4 is 50.7 Å². The van der Waals surface area contributed by atoms with Crippen LogP contribution in [-0.4, -0.2) is 44.7 Å². The molecule has 0 fully saturated rings. The third-order valence-electron chi connectivity index (χ3n) is 6.50. The van der Waals surface area contributed by atoms with Gasteiger partial charge in [-0.3, -0.25) is 9.59 Å². The number of amides is 2. The first kappa shape index (κ1) is 29.1. The monoisotopic (exact) mass is 613 g/mol. The van der Waals surface area contributed by atoms with Gasteiger partial charge in [0.05, 0.1) is 30.9 Å². The van der Waals surface area contributed by atoms with Crippen LogP contribution in [0, 0.1) is 0 Å². The number of rotatable bonds is 9. The Morgan fingerprint density at radius 2 is 1.90 bits per heavy atom. The molecule has 4 rings (SSSR count). The molecule has 2 amide bonds. The van der Waals surface area contributed by atoms with Crippen LogP contribution in [0.5, 0.6) is 5.75 Å². The summed E-state index contributed by atoms with van der Waals surface area (Å²) in [4.78, 5) is 28.4. The molecule has 0 spiro atoms. The Hall–Kier alpha value is -2.91. The summed E-state index contributed by atoms with van der Waals surface area (Å²) in [7, 11) is 1.51. The lowest BCUT2D eigenvalue weighted by Gasteiger charge is -2.25. The van der Waals surface area contributed by atoms with E-state index in [1.165, 1.54) is 7.11 Å². The van der Waals surface area contributed by atoms with Crippen molar-refractivity contribution in [2.45, 2.75) is 38.8 Å². The number of ether oxygens (including phenoxy) is 2. The number of fused-ring (bicyclic) bond motifs is 1. The van der Waals surface area contributed by atoms with Gasteiger partial charge in [-0.1, -0.05) is 37.6 Å². The van der Waals surface area contributed by atoms with Crippen molar-refractivity contribution in [2.75, 3.05) is 37.0 Å². The lowest BCUT2D eigenvalue weighted by atomic mass is 10.0. The largest absolute Gasteiger partial charge is 0.496 e. The van der Waals surface area contributed by atoms with E-state index < -0.39 is 0 Å². The molecule has 0 aromatic heterocycles. The normalized spacial score (nSPS) is 15.0. The van der Waals surface area contributed by atoms with Gasteiger partial charge in [-0.25, -0.2) is 0 Å². The molecule has 7 nitrogen and oxygen atoms in total. The zero-order chi connectivity index (χ0) is 27.9. The van der Waals surface area contributed by atoms with Crippen molar-refractivity contribution in [1.29, 1.82) is 0 Å². The van der Waals surface area contributed by atoms with E-state index in [1.54, 1.807) is 41.3 Å². The van der Waals surface area contributed by atoms with Crippen LogP contribution >= 0.6 is 27.5 Å². The fourth-order valence-electron chi connectivity index (χ4n) is 4.61. The van der Waals surface area contributed by atoms with Crippen LogP contribution in [0.25, 0.3) is 0 Å². The van der Waals surface area contributed by atoms with Crippen LogP contribution in [-0.2, 0) is 4.74 Å². The summed E-state index contributed by atoms with van der Waals surface area (Å²) in [5, 5.41) is 6.84. The molecule has 0 bridgehead atoms. The van der Waals surface area contributed by atoms with Crippen LogP contribution in [0.2, 0.25) is 5.02 Å². The average Bonchev–Trinajstić information content (AvgIpc) is 3.09. The second-order valence-electron chi connectivity index (χ2n) is 9.62. The minimum absolute atomic E-state index is 0.165. The summed E-state index contributed by atoms with van der Waals surface area (Å²) in [6.45, 7) is 6.03. The summed E-state index contributed by atoms with van der Waals surface area (Å²) in [6.07, 6.45) is 1.38. The minimum atomic E-state index is -0.267. The summed E-state index contributed by atoms with van der Waals surface area (Å²) in [5.74, 6) is -0.0879. The Bertz CT molecular complexity index is 1330. The number of carbonyl (C=O) groups excluding carboxylic acids is 2. The lowest BCUT2D eigenvalue weighted by Crippen LogP contribution is -2.32. The second kappa shape index (κ2) is 13.4. The Balaban J connectivity index is 1.57. The first-order valence-electron chi connectivity index (χ1n) is 13.0. The van der Waals surface area contributed by atoms with Gasteiger partial charge < -0.3 is 25.0 Å². The van der Waals surface area contributed by atoms with E-state index in [-0.39, 0.29) is 17.9 Å². The van der Waals surface area contributed by atoms with E-state index >= 15 is 0 Å². The van der Waals surface area contributed by atoms with Crippen molar-refractivity contribution < 1.29 is 19.1 Å². The molecule has 1 atom stereocenters. The first-order chi connectivity index (χ1) is 18.8. The average molecular weight is 615 g/mol. The molecule has 3 aromatic rings. The zero-order valence-electron chi connectivity index (χ0n) is 22.3. The van der Waals surface area contributed by atoms with Gasteiger partial charge in [0.25, 0.3) is 11.8 Å². The zero-order valence-corrected chi connectivity index (χ0v) is 24.6. The highest BCUT2D eigenvalue weighted by Crippen LogP contribution is 2.38. The summed E-state index contributed by atoms with van der Waals surface area (Å²) < 4.78 is 12.5. The Labute approximate surface area is 242 Å². The van der Waals surface area contributed by atoms with Gasteiger partial charge in [0.15, 0.2) is 0 Å². The lowest BCUT2D eigenvalue weighted by molar-refractivity contribution is 0.0485. The Morgan fingerprint density at radius 1 is 1.10 bits per heavy atom. The highest BCUT2D eigenvalue weighted by atomic mass is 79.9. The van der Waals surface area contributed by atoms with Gasteiger partial charge in [0.2, 0.25) is 0 Å². The van der Waals surface area contributed by atoms with Crippen molar-refractivity contribution in [3.63, 3.8) is 0 Å². The molecule has 39 heavy (non-hydrogen) atoms. The maximum Gasteiger partial charge on any atom is 0.262 e. The van der Waals surface area contributed by atoms with E-state index in [4.69, 9.17) is 21.1 Å². The number of anilines is 2. The van der Waals surface area contributed by atoms with E-state index in [9.17, 15) is 9.59 Å². The number of hydrogen-bond donors (Lipinski definition) is 2. The first-order valence-corrected chi connectivity index (χ1v) is 14.2. The van der Waals surface area contributed by atoms with Crippen LogP contribution in [0.3, 0.4) is 0 Å². The molecule has 2 N–H and O–H groups in total. The quantitative estimate of drug-likeness (QED) is 0.258.